The summed E-state index contributed by atoms with van der Waals surface area (Å²) >= 11 is 0. The Hall–Kier alpha value is -1.91. The first-order valence-electron chi connectivity index (χ1n) is 6.48. The van der Waals surface area contributed by atoms with Crippen molar-refractivity contribution in [1.29, 1.82) is 0 Å². The standard InChI is InChI=1S/C15H20FNO3/c1-10(7-11-5-4-6-12(16)8-11)13(18)17-9-15(2,3)14(19)20/h4-6,8,10H,7,9H2,1-3H3,(H,17,18)(H,19,20). The van der Waals surface area contributed by atoms with Crippen molar-refractivity contribution >= 4 is 11.9 Å². The van der Waals surface area contributed by atoms with Gasteiger partial charge in [-0.2, -0.15) is 0 Å². The largest absolute Gasteiger partial charge is 0.481 e. The van der Waals surface area contributed by atoms with Gasteiger partial charge in [0.25, 0.3) is 0 Å². The van der Waals surface area contributed by atoms with Gasteiger partial charge in [0.1, 0.15) is 5.82 Å². The number of nitrogens with one attached hydrogen (secondary N) is 1. The molecule has 0 saturated heterocycles. The van der Waals surface area contributed by atoms with E-state index in [0.29, 0.717) is 6.42 Å². The summed E-state index contributed by atoms with van der Waals surface area (Å²) in [5, 5.41) is 11.6. The van der Waals surface area contributed by atoms with Crippen LogP contribution in [-0.4, -0.2) is 23.5 Å². The van der Waals surface area contributed by atoms with E-state index < -0.39 is 11.4 Å². The van der Waals surface area contributed by atoms with Gasteiger partial charge in [-0.05, 0) is 38.0 Å². The summed E-state index contributed by atoms with van der Waals surface area (Å²) in [6.07, 6.45) is 0.414. The lowest BCUT2D eigenvalue weighted by Crippen LogP contribution is -2.41. The molecule has 0 heterocycles. The number of hydrogen-bond donors (Lipinski definition) is 2. The third-order valence-electron chi connectivity index (χ3n) is 3.16. The highest BCUT2D eigenvalue weighted by Crippen LogP contribution is 2.14. The predicted molar refractivity (Wildman–Crippen MR) is 73.7 cm³/mol. The van der Waals surface area contributed by atoms with E-state index in [2.05, 4.69) is 5.32 Å². The Balaban J connectivity index is 2.54. The second kappa shape index (κ2) is 6.50. The van der Waals surface area contributed by atoms with Crippen LogP contribution in [0, 0.1) is 17.2 Å². The number of carbonyl (C=O) groups excluding carboxylic acids is 1. The molecule has 0 saturated carbocycles. The lowest BCUT2D eigenvalue weighted by Gasteiger charge is -2.21. The fraction of sp³-hybridized carbons (Fsp3) is 0.467. The second-order valence-electron chi connectivity index (χ2n) is 5.64. The first-order valence-corrected chi connectivity index (χ1v) is 6.48. The molecule has 0 aromatic heterocycles. The van der Waals surface area contributed by atoms with Gasteiger partial charge in [0, 0.05) is 12.5 Å². The van der Waals surface area contributed by atoms with Gasteiger partial charge < -0.3 is 10.4 Å². The lowest BCUT2D eigenvalue weighted by atomic mass is 9.93. The van der Waals surface area contributed by atoms with Crippen molar-refractivity contribution in [3.8, 4) is 0 Å². The Labute approximate surface area is 118 Å². The summed E-state index contributed by atoms with van der Waals surface area (Å²) in [6, 6.07) is 6.10. The van der Waals surface area contributed by atoms with Crippen LogP contribution in [-0.2, 0) is 16.0 Å². The average molecular weight is 281 g/mol. The molecule has 0 radical (unpaired) electrons. The summed E-state index contributed by atoms with van der Waals surface area (Å²) in [7, 11) is 0. The predicted octanol–water partition coefficient (Wildman–Crippen LogP) is 2.23. The van der Waals surface area contributed by atoms with Gasteiger partial charge >= 0.3 is 5.97 Å². The van der Waals surface area contributed by atoms with Crippen LogP contribution in [0.1, 0.15) is 26.3 Å². The molecular weight excluding hydrogens is 261 g/mol. The Morgan fingerprint density at radius 3 is 2.60 bits per heavy atom. The molecule has 20 heavy (non-hydrogen) atoms. The topological polar surface area (TPSA) is 66.4 Å². The van der Waals surface area contributed by atoms with E-state index in [-0.39, 0.29) is 24.2 Å². The Bertz CT molecular complexity index is 500. The molecule has 4 nitrogen and oxygen atoms in total. The lowest BCUT2D eigenvalue weighted by molar-refractivity contribution is -0.146. The average Bonchev–Trinajstić information content (AvgIpc) is 2.35. The van der Waals surface area contributed by atoms with Crippen LogP contribution >= 0.6 is 0 Å². The number of amides is 1. The summed E-state index contributed by atoms with van der Waals surface area (Å²) in [5.41, 5.74) is -0.265. The molecule has 1 aromatic rings. The van der Waals surface area contributed by atoms with E-state index in [0.717, 1.165) is 5.56 Å². The van der Waals surface area contributed by atoms with Crippen molar-refractivity contribution in [1.82, 2.24) is 5.32 Å². The zero-order valence-electron chi connectivity index (χ0n) is 11.9. The number of halogens is 1. The van der Waals surface area contributed by atoms with E-state index >= 15 is 0 Å². The van der Waals surface area contributed by atoms with Crippen LogP contribution in [0.2, 0.25) is 0 Å². The molecule has 0 aliphatic carbocycles. The molecule has 0 aliphatic heterocycles. The maximum atomic E-state index is 13.0. The molecular formula is C15H20FNO3. The second-order valence-corrected chi connectivity index (χ2v) is 5.64. The van der Waals surface area contributed by atoms with E-state index in [1.54, 1.807) is 32.9 Å². The smallest absolute Gasteiger partial charge is 0.310 e. The van der Waals surface area contributed by atoms with Crippen LogP contribution in [0.25, 0.3) is 0 Å². The number of carboxylic acids is 1. The highest BCUT2D eigenvalue weighted by molar-refractivity contribution is 5.80. The number of carbonyl (C=O) groups is 2. The van der Waals surface area contributed by atoms with Gasteiger partial charge in [0.15, 0.2) is 0 Å². The van der Waals surface area contributed by atoms with E-state index in [1.807, 2.05) is 0 Å². The summed E-state index contributed by atoms with van der Waals surface area (Å²) in [6.45, 7) is 4.89. The molecule has 1 aromatic carbocycles. The van der Waals surface area contributed by atoms with Crippen molar-refractivity contribution in [2.24, 2.45) is 11.3 Å². The first kappa shape index (κ1) is 16.1. The molecule has 0 spiro atoms. The number of aliphatic carboxylic acids is 1. The minimum atomic E-state index is -1.01. The van der Waals surface area contributed by atoms with Gasteiger partial charge in [0.2, 0.25) is 5.91 Å². The van der Waals surface area contributed by atoms with Crippen molar-refractivity contribution in [2.75, 3.05) is 6.54 Å². The summed E-state index contributed by atoms with van der Waals surface area (Å²) < 4.78 is 13.0. The van der Waals surface area contributed by atoms with Crippen LogP contribution in [0.4, 0.5) is 4.39 Å². The zero-order valence-corrected chi connectivity index (χ0v) is 11.9. The number of carboxylic acid groups (broad SMARTS) is 1. The van der Waals surface area contributed by atoms with Crippen molar-refractivity contribution in [3.05, 3.63) is 35.6 Å². The van der Waals surface area contributed by atoms with E-state index in [4.69, 9.17) is 5.11 Å². The highest BCUT2D eigenvalue weighted by Gasteiger charge is 2.28. The fourth-order valence-corrected chi connectivity index (χ4v) is 1.67. The maximum absolute atomic E-state index is 13.0. The maximum Gasteiger partial charge on any atom is 0.310 e. The molecule has 2 N–H and O–H groups in total. The fourth-order valence-electron chi connectivity index (χ4n) is 1.67. The van der Waals surface area contributed by atoms with E-state index in [1.165, 1.54) is 12.1 Å². The molecule has 0 bridgehead atoms. The van der Waals surface area contributed by atoms with Gasteiger partial charge in [-0.15, -0.1) is 0 Å². The third-order valence-corrected chi connectivity index (χ3v) is 3.16. The first-order chi connectivity index (χ1) is 9.22. The molecule has 0 fully saturated rings. The Kier molecular flexibility index (Phi) is 5.25. The van der Waals surface area contributed by atoms with Gasteiger partial charge in [-0.1, -0.05) is 19.1 Å². The van der Waals surface area contributed by atoms with Crippen molar-refractivity contribution in [2.45, 2.75) is 27.2 Å². The monoisotopic (exact) mass is 281 g/mol. The number of hydrogen-bond acceptors (Lipinski definition) is 2. The van der Waals surface area contributed by atoms with E-state index in [9.17, 15) is 14.0 Å². The van der Waals surface area contributed by atoms with Crippen LogP contribution in [0.15, 0.2) is 24.3 Å². The van der Waals surface area contributed by atoms with Crippen molar-refractivity contribution in [3.63, 3.8) is 0 Å². The Morgan fingerprint density at radius 2 is 2.05 bits per heavy atom. The molecule has 0 aliphatic rings. The van der Waals surface area contributed by atoms with Gasteiger partial charge in [-0.25, -0.2) is 4.39 Å². The highest BCUT2D eigenvalue weighted by atomic mass is 19.1. The van der Waals surface area contributed by atoms with Crippen molar-refractivity contribution < 1.29 is 19.1 Å². The molecule has 1 amide bonds. The Morgan fingerprint density at radius 1 is 1.40 bits per heavy atom. The molecule has 1 atom stereocenters. The zero-order chi connectivity index (χ0) is 15.3. The van der Waals surface area contributed by atoms with Crippen LogP contribution < -0.4 is 5.32 Å². The molecule has 110 valence electrons. The SMILES string of the molecule is CC(Cc1cccc(F)c1)C(=O)NCC(C)(C)C(=O)O. The minimum Gasteiger partial charge on any atom is -0.481 e. The normalized spacial score (nSPS) is 12.8. The van der Waals surface area contributed by atoms with Gasteiger partial charge in [0.05, 0.1) is 5.41 Å². The number of rotatable bonds is 6. The quantitative estimate of drug-likeness (QED) is 0.840. The molecule has 1 unspecified atom stereocenters. The van der Waals surface area contributed by atoms with Crippen LogP contribution in [0.5, 0.6) is 0 Å². The third kappa shape index (κ3) is 4.64. The molecule has 1 rings (SSSR count). The summed E-state index contributed by atoms with van der Waals surface area (Å²) in [5.74, 6) is -1.87. The van der Waals surface area contributed by atoms with Crippen LogP contribution in [0.3, 0.4) is 0 Å². The minimum absolute atomic E-state index is 0.0641. The van der Waals surface area contributed by atoms with Gasteiger partial charge in [-0.3, -0.25) is 9.59 Å². The molecule has 5 heteroatoms. The number of benzene rings is 1. The summed E-state index contributed by atoms with van der Waals surface area (Å²) in [4.78, 5) is 22.8.